The number of hydrogen-bond acceptors (Lipinski definition) is 5. The number of halogens is 1. The number of nitro benzene ring substituents is 1. The Balaban J connectivity index is 1.45. The second-order valence-electron chi connectivity index (χ2n) is 7.72. The van der Waals surface area contributed by atoms with E-state index in [2.05, 4.69) is 16.0 Å². The van der Waals surface area contributed by atoms with Crippen LogP contribution < -0.4 is 16.0 Å². The molecular weight excluding hydrogens is 460 g/mol. The molecule has 0 saturated heterocycles. The highest BCUT2D eigenvalue weighted by molar-refractivity contribution is 6.34. The lowest BCUT2D eigenvalue weighted by Crippen LogP contribution is -2.18. The van der Waals surface area contributed by atoms with Crippen LogP contribution >= 0.6 is 11.6 Å². The number of para-hydroxylation sites is 1. The molecule has 9 nitrogen and oxygen atoms in total. The fraction of sp³-hybridized carbons (Fsp3) is 0.125. The maximum Gasteiger partial charge on any atom is 0.270 e. The van der Waals surface area contributed by atoms with Crippen molar-refractivity contribution < 1.29 is 19.3 Å². The van der Waals surface area contributed by atoms with Crippen LogP contribution in [0.2, 0.25) is 5.02 Å². The van der Waals surface area contributed by atoms with Gasteiger partial charge in [-0.25, -0.2) is 0 Å². The van der Waals surface area contributed by atoms with Gasteiger partial charge >= 0.3 is 0 Å². The topological polar surface area (TPSA) is 130 Å². The summed E-state index contributed by atoms with van der Waals surface area (Å²) >= 11 is 6.04. The third-order valence-electron chi connectivity index (χ3n) is 5.19. The monoisotopic (exact) mass is 478 g/mol. The maximum atomic E-state index is 12.9. The smallest absolute Gasteiger partial charge is 0.270 e. The first-order chi connectivity index (χ1) is 16.3. The SMILES string of the molecule is O=C(Nc1ccccc1C(=O)Nc1ccc(NC(=O)C2CC2)cc1)c1ccc([N+](=O)[O-])cc1Cl. The van der Waals surface area contributed by atoms with E-state index in [0.29, 0.717) is 11.4 Å². The highest BCUT2D eigenvalue weighted by Crippen LogP contribution is 2.30. The molecule has 1 fully saturated rings. The van der Waals surface area contributed by atoms with Gasteiger partial charge in [-0.2, -0.15) is 0 Å². The van der Waals surface area contributed by atoms with Crippen LogP contribution in [0.1, 0.15) is 33.6 Å². The third-order valence-corrected chi connectivity index (χ3v) is 5.50. The molecule has 3 aromatic carbocycles. The summed E-state index contributed by atoms with van der Waals surface area (Å²) in [6.45, 7) is 0. The Morgan fingerprint density at radius 3 is 2.06 bits per heavy atom. The number of anilines is 3. The molecule has 1 aliphatic rings. The van der Waals surface area contributed by atoms with Crippen LogP contribution in [0.25, 0.3) is 0 Å². The number of non-ortho nitro benzene ring substituents is 1. The van der Waals surface area contributed by atoms with Gasteiger partial charge in [0.15, 0.2) is 0 Å². The molecule has 0 unspecified atom stereocenters. The molecule has 1 aliphatic carbocycles. The first-order valence-electron chi connectivity index (χ1n) is 10.4. The van der Waals surface area contributed by atoms with E-state index in [-0.39, 0.29) is 39.3 Å². The molecule has 172 valence electrons. The molecule has 0 bridgehead atoms. The van der Waals surface area contributed by atoms with Crippen LogP contribution in [0, 0.1) is 16.0 Å². The van der Waals surface area contributed by atoms with Crippen molar-refractivity contribution in [2.75, 3.05) is 16.0 Å². The summed E-state index contributed by atoms with van der Waals surface area (Å²) in [6.07, 6.45) is 1.82. The quantitative estimate of drug-likeness (QED) is 0.321. The summed E-state index contributed by atoms with van der Waals surface area (Å²) < 4.78 is 0. The Morgan fingerprint density at radius 2 is 1.44 bits per heavy atom. The van der Waals surface area contributed by atoms with E-state index in [1.807, 2.05) is 0 Å². The zero-order valence-electron chi connectivity index (χ0n) is 17.7. The lowest BCUT2D eigenvalue weighted by molar-refractivity contribution is -0.384. The van der Waals surface area contributed by atoms with E-state index in [9.17, 15) is 24.5 Å². The molecule has 0 spiro atoms. The van der Waals surface area contributed by atoms with Crippen molar-refractivity contribution in [1.29, 1.82) is 0 Å². The maximum absolute atomic E-state index is 12.9. The summed E-state index contributed by atoms with van der Waals surface area (Å²) in [6, 6.07) is 16.6. The molecule has 1 saturated carbocycles. The van der Waals surface area contributed by atoms with E-state index in [4.69, 9.17) is 11.6 Å². The van der Waals surface area contributed by atoms with E-state index >= 15 is 0 Å². The predicted octanol–water partition coefficient (Wildman–Crippen LogP) is 5.10. The molecule has 34 heavy (non-hydrogen) atoms. The van der Waals surface area contributed by atoms with Gasteiger partial charge in [0.2, 0.25) is 5.91 Å². The van der Waals surface area contributed by atoms with Gasteiger partial charge in [-0.3, -0.25) is 24.5 Å². The Labute approximate surface area is 199 Å². The minimum Gasteiger partial charge on any atom is -0.326 e. The average Bonchev–Trinajstić information content (AvgIpc) is 3.66. The van der Waals surface area contributed by atoms with Crippen molar-refractivity contribution in [3.63, 3.8) is 0 Å². The van der Waals surface area contributed by atoms with Gasteiger partial charge in [0.25, 0.3) is 17.5 Å². The molecule has 10 heteroatoms. The molecule has 3 amide bonds. The third kappa shape index (κ3) is 5.38. The number of amides is 3. The van der Waals surface area contributed by atoms with Crippen LogP contribution in [0.3, 0.4) is 0 Å². The van der Waals surface area contributed by atoms with Crippen LogP contribution in [0.5, 0.6) is 0 Å². The number of rotatable bonds is 7. The van der Waals surface area contributed by atoms with Gasteiger partial charge in [0.1, 0.15) is 0 Å². The highest BCUT2D eigenvalue weighted by atomic mass is 35.5. The zero-order valence-corrected chi connectivity index (χ0v) is 18.5. The van der Waals surface area contributed by atoms with Crippen molar-refractivity contribution in [2.24, 2.45) is 5.92 Å². The van der Waals surface area contributed by atoms with Gasteiger partial charge in [-0.05, 0) is 55.3 Å². The molecule has 0 aromatic heterocycles. The summed E-state index contributed by atoms with van der Waals surface area (Å²) in [5.74, 6) is -0.988. The lowest BCUT2D eigenvalue weighted by Gasteiger charge is -2.12. The van der Waals surface area contributed by atoms with Crippen molar-refractivity contribution in [3.05, 3.63) is 93.0 Å². The Kier molecular flexibility index (Phi) is 6.55. The second kappa shape index (κ2) is 9.72. The number of hydrogen-bond donors (Lipinski definition) is 3. The number of nitrogens with zero attached hydrogens (tertiary/aromatic N) is 1. The number of benzene rings is 3. The van der Waals surface area contributed by atoms with Crippen LogP contribution in [0.15, 0.2) is 66.7 Å². The van der Waals surface area contributed by atoms with E-state index in [1.54, 1.807) is 48.5 Å². The van der Waals surface area contributed by atoms with Crippen molar-refractivity contribution >= 4 is 52.1 Å². The van der Waals surface area contributed by atoms with E-state index < -0.39 is 16.7 Å². The minimum absolute atomic E-state index is 0.00502. The van der Waals surface area contributed by atoms with E-state index in [0.717, 1.165) is 18.9 Å². The summed E-state index contributed by atoms with van der Waals surface area (Å²) in [7, 11) is 0. The molecule has 0 radical (unpaired) electrons. The first-order valence-corrected chi connectivity index (χ1v) is 10.8. The Hall–Kier alpha value is -4.24. The predicted molar refractivity (Wildman–Crippen MR) is 128 cm³/mol. The highest BCUT2D eigenvalue weighted by Gasteiger charge is 2.29. The van der Waals surface area contributed by atoms with Crippen molar-refractivity contribution in [1.82, 2.24) is 0 Å². The normalized spacial score (nSPS) is 12.5. The molecule has 4 rings (SSSR count). The molecule has 3 aromatic rings. The van der Waals surface area contributed by atoms with Gasteiger partial charge in [-0.15, -0.1) is 0 Å². The summed E-state index contributed by atoms with van der Waals surface area (Å²) in [4.78, 5) is 47.7. The lowest BCUT2D eigenvalue weighted by atomic mass is 10.1. The van der Waals surface area contributed by atoms with E-state index in [1.165, 1.54) is 12.1 Å². The largest absolute Gasteiger partial charge is 0.326 e. The molecule has 3 N–H and O–H groups in total. The molecular formula is C24H19ClN4O5. The minimum atomic E-state index is -0.615. The standard InChI is InChI=1S/C24H19ClN4O5/c25-20-13-17(29(33)34)11-12-18(20)23(31)28-21-4-2-1-3-19(21)24(32)27-16-9-7-15(8-10-16)26-22(30)14-5-6-14/h1-4,7-14H,5-6H2,(H,26,30)(H,27,32)(H,28,31). The summed E-state index contributed by atoms with van der Waals surface area (Å²) in [5.41, 5.74) is 1.40. The molecule has 0 heterocycles. The van der Waals surface area contributed by atoms with Crippen LogP contribution in [0.4, 0.5) is 22.7 Å². The van der Waals surface area contributed by atoms with Crippen molar-refractivity contribution in [3.8, 4) is 0 Å². The Bertz CT molecular complexity index is 1290. The van der Waals surface area contributed by atoms with Gasteiger partial charge < -0.3 is 16.0 Å². The van der Waals surface area contributed by atoms with Crippen molar-refractivity contribution in [2.45, 2.75) is 12.8 Å². The molecule has 0 atom stereocenters. The van der Waals surface area contributed by atoms with Gasteiger partial charge in [0, 0.05) is 29.4 Å². The molecule has 0 aliphatic heterocycles. The van der Waals surface area contributed by atoms with Crippen LogP contribution in [-0.4, -0.2) is 22.6 Å². The fourth-order valence-corrected chi connectivity index (χ4v) is 3.47. The Morgan fingerprint density at radius 1 is 0.824 bits per heavy atom. The van der Waals surface area contributed by atoms with Gasteiger partial charge in [0.05, 0.1) is 26.8 Å². The zero-order chi connectivity index (χ0) is 24.2. The number of carbonyl (C=O) groups excluding carboxylic acids is 3. The fourth-order valence-electron chi connectivity index (χ4n) is 3.21. The number of nitro groups is 1. The number of nitrogens with one attached hydrogen (secondary N) is 3. The van der Waals surface area contributed by atoms with Crippen LogP contribution in [-0.2, 0) is 4.79 Å². The summed E-state index contributed by atoms with van der Waals surface area (Å²) in [5, 5.41) is 19.0. The first kappa shape index (κ1) is 22.9. The average molecular weight is 479 g/mol. The second-order valence-corrected chi connectivity index (χ2v) is 8.12. The number of carbonyl (C=O) groups is 3. The van der Waals surface area contributed by atoms with Gasteiger partial charge in [-0.1, -0.05) is 23.7 Å².